The van der Waals surface area contributed by atoms with E-state index in [1.54, 1.807) is 0 Å². The fourth-order valence-corrected chi connectivity index (χ4v) is 2.66. The fraction of sp³-hybridized carbons (Fsp3) is 1.00. The van der Waals surface area contributed by atoms with Crippen LogP contribution in [-0.2, 0) is 0 Å². The Morgan fingerprint density at radius 3 is 2.62 bits per heavy atom. The standard InChI is InChI=1S/C11H22N2/c1-10-5-4-6-11(12-10)9-13-7-2-3-8-13/h10-12H,2-9H2,1H3/t10-,11+/m0/s1. The van der Waals surface area contributed by atoms with E-state index in [4.69, 9.17) is 0 Å². The molecule has 2 nitrogen and oxygen atoms in total. The number of rotatable bonds is 2. The van der Waals surface area contributed by atoms with E-state index in [-0.39, 0.29) is 0 Å². The van der Waals surface area contributed by atoms with Gasteiger partial charge in [-0.3, -0.25) is 0 Å². The molecule has 2 heterocycles. The molecule has 1 N–H and O–H groups in total. The summed E-state index contributed by atoms with van der Waals surface area (Å²) in [6, 6.07) is 1.53. The van der Waals surface area contributed by atoms with Crippen LogP contribution in [0.25, 0.3) is 0 Å². The molecule has 13 heavy (non-hydrogen) atoms. The summed E-state index contributed by atoms with van der Waals surface area (Å²) in [4.78, 5) is 2.62. The summed E-state index contributed by atoms with van der Waals surface area (Å²) < 4.78 is 0. The minimum atomic E-state index is 0.751. The van der Waals surface area contributed by atoms with Gasteiger partial charge in [0.05, 0.1) is 0 Å². The van der Waals surface area contributed by atoms with Crippen molar-refractivity contribution in [2.45, 2.75) is 51.1 Å². The van der Waals surface area contributed by atoms with Gasteiger partial charge in [0.15, 0.2) is 0 Å². The predicted octanol–water partition coefficient (Wildman–Crippen LogP) is 1.61. The monoisotopic (exact) mass is 182 g/mol. The smallest absolute Gasteiger partial charge is 0.0197 e. The Bertz CT molecular complexity index is 152. The minimum Gasteiger partial charge on any atom is -0.310 e. The molecule has 76 valence electrons. The van der Waals surface area contributed by atoms with Gasteiger partial charge in [-0.25, -0.2) is 0 Å². The molecule has 2 aliphatic heterocycles. The molecular formula is C11H22N2. The van der Waals surface area contributed by atoms with Crippen LogP contribution >= 0.6 is 0 Å². The van der Waals surface area contributed by atoms with E-state index in [1.807, 2.05) is 0 Å². The SMILES string of the molecule is C[C@H]1CCC[C@H](CN2CCCC2)N1. The Kier molecular flexibility index (Phi) is 3.23. The molecule has 0 radical (unpaired) electrons. The molecule has 2 fully saturated rings. The fourth-order valence-electron chi connectivity index (χ4n) is 2.66. The largest absolute Gasteiger partial charge is 0.310 e. The molecule has 0 aromatic heterocycles. The lowest BCUT2D eigenvalue weighted by Crippen LogP contribution is -2.46. The normalized spacial score (nSPS) is 36.7. The van der Waals surface area contributed by atoms with E-state index in [1.165, 1.54) is 51.7 Å². The summed E-state index contributed by atoms with van der Waals surface area (Å²) in [5, 5.41) is 3.70. The number of nitrogens with one attached hydrogen (secondary N) is 1. The molecule has 0 aromatic rings. The molecule has 2 aliphatic rings. The first-order valence-electron chi connectivity index (χ1n) is 5.83. The molecule has 2 rings (SSSR count). The summed E-state index contributed by atoms with van der Waals surface area (Å²) in [7, 11) is 0. The van der Waals surface area contributed by atoms with Crippen molar-refractivity contribution in [3.8, 4) is 0 Å². The summed E-state index contributed by atoms with van der Waals surface area (Å²) in [5.74, 6) is 0. The molecule has 0 aromatic carbocycles. The molecule has 0 saturated carbocycles. The highest BCUT2D eigenvalue weighted by molar-refractivity contribution is 4.81. The van der Waals surface area contributed by atoms with Crippen molar-refractivity contribution in [1.29, 1.82) is 0 Å². The molecule has 0 aliphatic carbocycles. The Morgan fingerprint density at radius 2 is 1.92 bits per heavy atom. The van der Waals surface area contributed by atoms with Gasteiger partial charge >= 0.3 is 0 Å². The van der Waals surface area contributed by atoms with Crippen molar-refractivity contribution in [1.82, 2.24) is 10.2 Å². The van der Waals surface area contributed by atoms with Gasteiger partial charge in [-0.1, -0.05) is 6.42 Å². The van der Waals surface area contributed by atoms with Gasteiger partial charge in [-0.2, -0.15) is 0 Å². The van der Waals surface area contributed by atoms with E-state index in [9.17, 15) is 0 Å². The Balaban J connectivity index is 1.73. The van der Waals surface area contributed by atoms with Crippen LogP contribution in [0.4, 0.5) is 0 Å². The van der Waals surface area contributed by atoms with Gasteiger partial charge in [0, 0.05) is 18.6 Å². The Hall–Kier alpha value is -0.0800. The second kappa shape index (κ2) is 4.43. The van der Waals surface area contributed by atoms with Gasteiger partial charge in [-0.15, -0.1) is 0 Å². The number of likely N-dealkylation sites (tertiary alicyclic amines) is 1. The van der Waals surface area contributed by atoms with Gasteiger partial charge in [0.25, 0.3) is 0 Å². The number of hydrogen-bond acceptors (Lipinski definition) is 2. The van der Waals surface area contributed by atoms with Crippen molar-refractivity contribution in [2.75, 3.05) is 19.6 Å². The lowest BCUT2D eigenvalue weighted by Gasteiger charge is -2.31. The summed E-state index contributed by atoms with van der Waals surface area (Å²) in [5.41, 5.74) is 0. The molecular weight excluding hydrogens is 160 g/mol. The van der Waals surface area contributed by atoms with Crippen LogP contribution in [0.3, 0.4) is 0 Å². The highest BCUT2D eigenvalue weighted by Gasteiger charge is 2.21. The van der Waals surface area contributed by atoms with Crippen LogP contribution in [0.15, 0.2) is 0 Å². The first kappa shape index (κ1) is 9.47. The highest BCUT2D eigenvalue weighted by Crippen LogP contribution is 2.15. The molecule has 2 saturated heterocycles. The predicted molar refractivity (Wildman–Crippen MR) is 55.9 cm³/mol. The first-order chi connectivity index (χ1) is 6.34. The Morgan fingerprint density at radius 1 is 1.15 bits per heavy atom. The van der Waals surface area contributed by atoms with Gasteiger partial charge in [0.1, 0.15) is 0 Å². The van der Waals surface area contributed by atoms with Crippen molar-refractivity contribution in [2.24, 2.45) is 0 Å². The van der Waals surface area contributed by atoms with Gasteiger partial charge in [0.2, 0.25) is 0 Å². The van der Waals surface area contributed by atoms with E-state index >= 15 is 0 Å². The van der Waals surface area contributed by atoms with E-state index in [0.717, 1.165) is 12.1 Å². The maximum Gasteiger partial charge on any atom is 0.0197 e. The van der Waals surface area contributed by atoms with Gasteiger partial charge in [-0.05, 0) is 45.7 Å². The number of nitrogens with zero attached hydrogens (tertiary/aromatic N) is 1. The average Bonchev–Trinajstić information content (AvgIpc) is 2.57. The van der Waals surface area contributed by atoms with Crippen LogP contribution in [0.5, 0.6) is 0 Å². The maximum absolute atomic E-state index is 3.70. The zero-order chi connectivity index (χ0) is 9.10. The van der Waals surface area contributed by atoms with E-state index in [2.05, 4.69) is 17.1 Å². The molecule has 2 heteroatoms. The van der Waals surface area contributed by atoms with Crippen molar-refractivity contribution in [3.05, 3.63) is 0 Å². The first-order valence-corrected chi connectivity index (χ1v) is 5.83. The van der Waals surface area contributed by atoms with Gasteiger partial charge < -0.3 is 10.2 Å². The summed E-state index contributed by atoms with van der Waals surface area (Å²) >= 11 is 0. The topological polar surface area (TPSA) is 15.3 Å². The quantitative estimate of drug-likeness (QED) is 0.698. The van der Waals surface area contributed by atoms with Crippen LogP contribution in [0.2, 0.25) is 0 Å². The maximum atomic E-state index is 3.70. The minimum absolute atomic E-state index is 0.751. The van der Waals surface area contributed by atoms with E-state index in [0.29, 0.717) is 0 Å². The second-order valence-electron chi connectivity index (χ2n) is 4.70. The molecule has 2 atom stereocenters. The Labute approximate surface area is 81.7 Å². The van der Waals surface area contributed by atoms with Crippen LogP contribution in [0, 0.1) is 0 Å². The molecule has 0 bridgehead atoms. The zero-order valence-corrected chi connectivity index (χ0v) is 8.76. The molecule has 0 amide bonds. The van der Waals surface area contributed by atoms with Crippen LogP contribution in [-0.4, -0.2) is 36.6 Å². The lowest BCUT2D eigenvalue weighted by atomic mass is 9.99. The molecule has 0 unspecified atom stereocenters. The van der Waals surface area contributed by atoms with Crippen molar-refractivity contribution >= 4 is 0 Å². The van der Waals surface area contributed by atoms with Crippen molar-refractivity contribution in [3.63, 3.8) is 0 Å². The van der Waals surface area contributed by atoms with Crippen LogP contribution < -0.4 is 5.32 Å². The third-order valence-corrected chi connectivity index (χ3v) is 3.39. The third-order valence-electron chi connectivity index (χ3n) is 3.39. The molecule has 0 spiro atoms. The third kappa shape index (κ3) is 2.68. The van der Waals surface area contributed by atoms with Crippen molar-refractivity contribution < 1.29 is 0 Å². The second-order valence-corrected chi connectivity index (χ2v) is 4.70. The average molecular weight is 182 g/mol. The lowest BCUT2D eigenvalue weighted by molar-refractivity contribution is 0.241. The number of piperidine rings is 1. The number of hydrogen-bond donors (Lipinski definition) is 1. The highest BCUT2D eigenvalue weighted by atomic mass is 15.2. The van der Waals surface area contributed by atoms with E-state index < -0.39 is 0 Å². The van der Waals surface area contributed by atoms with Crippen LogP contribution in [0.1, 0.15) is 39.0 Å². The summed E-state index contributed by atoms with van der Waals surface area (Å²) in [6.07, 6.45) is 7.02. The summed E-state index contributed by atoms with van der Waals surface area (Å²) in [6.45, 7) is 6.29. The zero-order valence-electron chi connectivity index (χ0n) is 8.76.